The molecule has 3 rings (SSSR count). The summed E-state index contributed by atoms with van der Waals surface area (Å²) in [6.07, 6.45) is 0. The van der Waals surface area contributed by atoms with Crippen LogP contribution in [0.3, 0.4) is 0 Å². The van der Waals surface area contributed by atoms with Gasteiger partial charge in [-0.1, -0.05) is 12.1 Å². The predicted octanol–water partition coefficient (Wildman–Crippen LogP) is 6.22. The van der Waals surface area contributed by atoms with E-state index in [1.165, 1.54) is 30.3 Å². The number of benzene rings is 3. The van der Waals surface area contributed by atoms with E-state index < -0.39 is 11.7 Å². The van der Waals surface area contributed by atoms with Crippen LogP contribution in [0.5, 0.6) is 0 Å². The molecule has 0 aliphatic heterocycles. The third-order valence-electron chi connectivity index (χ3n) is 4.64. The summed E-state index contributed by atoms with van der Waals surface area (Å²) in [6.45, 7) is 3.55. The summed E-state index contributed by atoms with van der Waals surface area (Å²) in [5.41, 5.74) is 2.27. The summed E-state index contributed by atoms with van der Waals surface area (Å²) in [5.74, 6) is -1.80. The fourth-order valence-corrected chi connectivity index (χ4v) is 3.58. The molecule has 0 unspecified atom stereocenters. The Balaban J connectivity index is 1.70. The van der Waals surface area contributed by atoms with Crippen molar-refractivity contribution in [2.24, 2.45) is 0 Å². The van der Waals surface area contributed by atoms with Crippen molar-refractivity contribution >= 4 is 50.5 Å². The number of hydrogen-bond donors (Lipinski definition) is 3. The number of aryl methyl sites for hydroxylation is 2. The molecule has 0 bridgehead atoms. The molecule has 0 saturated carbocycles. The Morgan fingerprint density at radius 3 is 2.22 bits per heavy atom. The van der Waals surface area contributed by atoms with Crippen LogP contribution in [-0.4, -0.2) is 11.0 Å². The number of amides is 1. The molecule has 4 nitrogen and oxygen atoms in total. The van der Waals surface area contributed by atoms with Gasteiger partial charge in [-0.3, -0.25) is 4.79 Å². The lowest BCUT2D eigenvalue weighted by Crippen LogP contribution is -2.28. The molecule has 0 heterocycles. The molecule has 0 radical (unpaired) electrons. The van der Waals surface area contributed by atoms with Gasteiger partial charge in [-0.25, -0.2) is 13.2 Å². The normalized spacial score (nSPS) is 10.6. The second-order valence-electron chi connectivity index (χ2n) is 7.12. The summed E-state index contributed by atoms with van der Waals surface area (Å²) in [5, 5.41) is 8.44. The molecule has 3 aromatic carbocycles. The van der Waals surface area contributed by atoms with Crippen LogP contribution in [0.15, 0.2) is 53.0 Å². The maximum atomic E-state index is 14.4. The monoisotopic (exact) mass is 521 g/mol. The topological polar surface area (TPSA) is 53.2 Å². The SMILES string of the molecule is Cc1cc(CNC(=S)Nc2cc(C(=O)Nc3ccc(F)c(C)c3)c(Br)cc2F)ccc1F. The van der Waals surface area contributed by atoms with E-state index in [-0.39, 0.29) is 32.5 Å². The van der Waals surface area contributed by atoms with Crippen molar-refractivity contribution in [2.75, 3.05) is 10.6 Å². The van der Waals surface area contributed by atoms with Crippen molar-refractivity contribution in [3.8, 4) is 0 Å². The zero-order valence-corrected chi connectivity index (χ0v) is 19.6. The number of nitrogens with one attached hydrogen (secondary N) is 3. The van der Waals surface area contributed by atoms with Crippen molar-refractivity contribution in [1.82, 2.24) is 5.32 Å². The van der Waals surface area contributed by atoms with E-state index in [4.69, 9.17) is 12.2 Å². The highest BCUT2D eigenvalue weighted by Crippen LogP contribution is 2.26. The number of thiocarbonyl (C=S) groups is 1. The highest BCUT2D eigenvalue weighted by atomic mass is 79.9. The second kappa shape index (κ2) is 10.1. The van der Waals surface area contributed by atoms with Gasteiger partial charge < -0.3 is 16.0 Å². The maximum Gasteiger partial charge on any atom is 0.256 e. The average Bonchev–Trinajstić information content (AvgIpc) is 2.73. The lowest BCUT2D eigenvalue weighted by molar-refractivity contribution is 0.102. The molecule has 0 aromatic heterocycles. The van der Waals surface area contributed by atoms with Gasteiger partial charge >= 0.3 is 0 Å². The number of hydrogen-bond acceptors (Lipinski definition) is 2. The summed E-state index contributed by atoms with van der Waals surface area (Å²) in [4.78, 5) is 12.7. The second-order valence-corrected chi connectivity index (χ2v) is 8.38. The minimum Gasteiger partial charge on any atom is -0.358 e. The van der Waals surface area contributed by atoms with E-state index in [1.807, 2.05) is 0 Å². The molecule has 9 heteroatoms. The lowest BCUT2D eigenvalue weighted by atomic mass is 10.1. The average molecular weight is 522 g/mol. The van der Waals surface area contributed by atoms with Gasteiger partial charge in [0.05, 0.1) is 11.3 Å². The van der Waals surface area contributed by atoms with Crippen molar-refractivity contribution < 1.29 is 18.0 Å². The van der Waals surface area contributed by atoms with Crippen LogP contribution in [0.1, 0.15) is 27.0 Å². The number of carbonyl (C=O) groups is 1. The van der Waals surface area contributed by atoms with E-state index in [9.17, 15) is 18.0 Å². The van der Waals surface area contributed by atoms with E-state index in [2.05, 4.69) is 31.9 Å². The molecule has 3 N–H and O–H groups in total. The highest BCUT2D eigenvalue weighted by Gasteiger charge is 2.16. The Kier molecular flexibility index (Phi) is 7.52. The maximum absolute atomic E-state index is 14.4. The Hall–Kier alpha value is -2.91. The molecule has 0 fully saturated rings. The molecule has 0 spiro atoms. The van der Waals surface area contributed by atoms with Gasteiger partial charge in [0, 0.05) is 16.7 Å². The smallest absolute Gasteiger partial charge is 0.256 e. The van der Waals surface area contributed by atoms with Gasteiger partial charge in [-0.15, -0.1) is 0 Å². The molecule has 0 atom stereocenters. The molecular formula is C23H19BrF3N3OS. The molecule has 166 valence electrons. The Labute approximate surface area is 197 Å². The highest BCUT2D eigenvalue weighted by molar-refractivity contribution is 9.10. The fraction of sp³-hybridized carbons (Fsp3) is 0.130. The van der Waals surface area contributed by atoms with Crippen LogP contribution in [0.2, 0.25) is 0 Å². The predicted molar refractivity (Wildman–Crippen MR) is 127 cm³/mol. The van der Waals surface area contributed by atoms with Crippen LogP contribution in [0.25, 0.3) is 0 Å². The van der Waals surface area contributed by atoms with Crippen molar-refractivity contribution in [2.45, 2.75) is 20.4 Å². The Morgan fingerprint density at radius 1 is 0.906 bits per heavy atom. The summed E-state index contributed by atoms with van der Waals surface area (Å²) >= 11 is 8.41. The largest absolute Gasteiger partial charge is 0.358 e. The number of carbonyl (C=O) groups excluding carboxylic acids is 1. The molecular weight excluding hydrogens is 503 g/mol. The zero-order chi connectivity index (χ0) is 23.4. The van der Waals surface area contributed by atoms with E-state index in [1.54, 1.807) is 26.0 Å². The Morgan fingerprint density at radius 2 is 1.56 bits per heavy atom. The van der Waals surface area contributed by atoms with Crippen molar-refractivity contribution in [3.05, 3.63) is 92.7 Å². The molecule has 0 aliphatic carbocycles. The molecule has 32 heavy (non-hydrogen) atoms. The molecule has 0 saturated heterocycles. The van der Waals surface area contributed by atoms with Crippen LogP contribution in [0.4, 0.5) is 24.5 Å². The van der Waals surface area contributed by atoms with Crippen LogP contribution in [-0.2, 0) is 6.54 Å². The van der Waals surface area contributed by atoms with Crippen LogP contribution < -0.4 is 16.0 Å². The van der Waals surface area contributed by atoms with Gasteiger partial charge in [0.2, 0.25) is 0 Å². The van der Waals surface area contributed by atoms with Gasteiger partial charge in [-0.2, -0.15) is 0 Å². The summed E-state index contributed by atoms with van der Waals surface area (Å²) in [7, 11) is 0. The van der Waals surface area contributed by atoms with Crippen molar-refractivity contribution in [1.29, 1.82) is 0 Å². The van der Waals surface area contributed by atoms with Gasteiger partial charge in [-0.05, 0) is 95.1 Å². The first-order valence-electron chi connectivity index (χ1n) is 9.50. The number of halogens is 4. The lowest BCUT2D eigenvalue weighted by Gasteiger charge is -2.14. The third-order valence-corrected chi connectivity index (χ3v) is 5.54. The first-order chi connectivity index (χ1) is 15.1. The first kappa shape index (κ1) is 23.7. The summed E-state index contributed by atoms with van der Waals surface area (Å²) in [6, 6.07) is 11.3. The van der Waals surface area contributed by atoms with Gasteiger partial charge in [0.15, 0.2) is 5.11 Å². The quantitative estimate of drug-likeness (QED) is 0.349. The Bertz CT molecular complexity index is 1200. The zero-order valence-electron chi connectivity index (χ0n) is 17.2. The third kappa shape index (κ3) is 5.86. The fourth-order valence-electron chi connectivity index (χ4n) is 2.91. The standard InChI is InChI=1S/C23H19BrF3N3OS/c1-12-7-14(3-5-18(12)25)11-28-23(32)30-21-9-16(17(24)10-20(21)27)22(31)29-15-4-6-19(26)13(2)8-15/h3-10H,11H2,1-2H3,(H,29,31)(H2,28,30,32). The molecule has 1 amide bonds. The van der Waals surface area contributed by atoms with Gasteiger partial charge in [0.1, 0.15) is 17.5 Å². The number of rotatable bonds is 5. The van der Waals surface area contributed by atoms with E-state index in [0.29, 0.717) is 23.4 Å². The van der Waals surface area contributed by atoms with E-state index >= 15 is 0 Å². The summed E-state index contributed by atoms with van der Waals surface area (Å²) < 4.78 is 41.5. The van der Waals surface area contributed by atoms with E-state index in [0.717, 1.165) is 11.6 Å². The van der Waals surface area contributed by atoms with Crippen molar-refractivity contribution in [3.63, 3.8) is 0 Å². The minimum atomic E-state index is -0.618. The van der Waals surface area contributed by atoms with Gasteiger partial charge in [0.25, 0.3) is 5.91 Å². The number of anilines is 2. The molecule has 0 aliphatic rings. The first-order valence-corrected chi connectivity index (χ1v) is 10.7. The van der Waals surface area contributed by atoms with Crippen LogP contribution in [0, 0.1) is 31.3 Å². The minimum absolute atomic E-state index is 0.00132. The molecule has 3 aromatic rings. The van der Waals surface area contributed by atoms with Crippen LogP contribution >= 0.6 is 28.1 Å².